The lowest BCUT2D eigenvalue weighted by molar-refractivity contribution is -0.132. The molecule has 0 aliphatic carbocycles. The van der Waals surface area contributed by atoms with Gasteiger partial charge in [-0.2, -0.15) is 13.2 Å². The fraction of sp³-hybridized carbons (Fsp3) is 0.500. The van der Waals surface area contributed by atoms with Gasteiger partial charge in [0.15, 0.2) is 0 Å². The van der Waals surface area contributed by atoms with Crippen LogP contribution in [0.15, 0.2) is 34.5 Å². The molecule has 0 fully saturated rings. The van der Waals surface area contributed by atoms with Crippen LogP contribution in [-0.4, -0.2) is 26.1 Å². The molecule has 0 radical (unpaired) electrons. The number of alkyl halides is 3. The topological polar surface area (TPSA) is 59.1 Å². The van der Waals surface area contributed by atoms with Crippen molar-refractivity contribution >= 4 is 21.4 Å². The number of rotatable bonds is 9. The highest BCUT2D eigenvalue weighted by molar-refractivity contribution is 7.89. The Kier molecular flexibility index (Phi) is 7.41. The van der Waals surface area contributed by atoms with Crippen molar-refractivity contribution in [2.45, 2.75) is 50.6 Å². The summed E-state index contributed by atoms with van der Waals surface area (Å²) in [5.41, 5.74) is 1.55. The Morgan fingerprint density at radius 3 is 2.44 bits per heavy atom. The smallest absolute Gasteiger partial charge is 0.241 e. The van der Waals surface area contributed by atoms with Crippen molar-refractivity contribution in [2.24, 2.45) is 5.92 Å². The summed E-state index contributed by atoms with van der Waals surface area (Å²) in [4.78, 5) is 4.51. The third kappa shape index (κ3) is 7.23. The molecule has 0 bridgehead atoms. The van der Waals surface area contributed by atoms with Crippen molar-refractivity contribution < 1.29 is 21.6 Å². The van der Waals surface area contributed by atoms with Crippen molar-refractivity contribution in [3.05, 3.63) is 34.7 Å². The van der Waals surface area contributed by atoms with E-state index >= 15 is 0 Å². The number of benzene rings is 1. The minimum atomic E-state index is -4.40. The number of thiazole rings is 1. The van der Waals surface area contributed by atoms with Crippen LogP contribution in [0.2, 0.25) is 0 Å². The fourth-order valence-corrected chi connectivity index (χ4v) is 4.32. The molecular weight excluding hydrogens is 397 g/mol. The molecular formula is C18H23F3N2O2S2. The number of aryl methyl sites for hydroxylation is 1. The minimum absolute atomic E-state index is 0.0687. The molecule has 4 nitrogen and oxygen atoms in total. The van der Waals surface area contributed by atoms with Gasteiger partial charge in [0.25, 0.3) is 0 Å². The summed E-state index contributed by atoms with van der Waals surface area (Å²) in [5.74, 6) is 0.656. The molecule has 2 rings (SSSR count). The van der Waals surface area contributed by atoms with Crippen LogP contribution in [0.4, 0.5) is 13.2 Å². The summed E-state index contributed by atoms with van der Waals surface area (Å²) in [5, 5.41) is 2.96. The van der Waals surface area contributed by atoms with Crippen LogP contribution in [0.25, 0.3) is 11.3 Å². The average molecular weight is 421 g/mol. The first-order valence-corrected chi connectivity index (χ1v) is 11.0. The molecule has 0 saturated heterocycles. The molecule has 1 aromatic heterocycles. The quantitative estimate of drug-likeness (QED) is 0.620. The van der Waals surface area contributed by atoms with Crippen molar-refractivity contribution in [2.75, 3.05) is 6.54 Å². The molecule has 1 N–H and O–H groups in total. The summed E-state index contributed by atoms with van der Waals surface area (Å²) in [6.45, 7) is 3.68. The first-order valence-electron chi connectivity index (χ1n) is 8.68. The third-order valence-electron chi connectivity index (χ3n) is 3.88. The van der Waals surface area contributed by atoms with Gasteiger partial charge in [-0.05, 0) is 30.9 Å². The van der Waals surface area contributed by atoms with Crippen molar-refractivity contribution in [3.8, 4) is 11.3 Å². The minimum Gasteiger partial charge on any atom is -0.241 e. The van der Waals surface area contributed by atoms with E-state index < -0.39 is 29.2 Å². The Morgan fingerprint density at radius 2 is 1.85 bits per heavy atom. The van der Waals surface area contributed by atoms with Gasteiger partial charge in [-0.25, -0.2) is 18.1 Å². The van der Waals surface area contributed by atoms with Gasteiger partial charge in [0.1, 0.15) is 0 Å². The van der Waals surface area contributed by atoms with E-state index in [2.05, 4.69) is 18.8 Å². The highest BCUT2D eigenvalue weighted by Gasteiger charge is 2.27. The third-order valence-corrected chi connectivity index (χ3v) is 6.27. The number of hydrogen-bond donors (Lipinski definition) is 1. The van der Waals surface area contributed by atoms with Crippen LogP contribution >= 0.6 is 11.3 Å². The Bertz CT molecular complexity index is 829. The van der Waals surface area contributed by atoms with Crippen LogP contribution in [0.3, 0.4) is 0 Å². The molecule has 0 atom stereocenters. The molecule has 0 saturated carbocycles. The number of nitrogens with one attached hydrogen (secondary N) is 1. The molecule has 9 heteroatoms. The molecule has 0 spiro atoms. The molecule has 0 unspecified atom stereocenters. The predicted molar refractivity (Wildman–Crippen MR) is 101 cm³/mol. The lowest BCUT2D eigenvalue weighted by Gasteiger charge is -2.09. The van der Waals surface area contributed by atoms with Crippen LogP contribution in [0, 0.1) is 5.92 Å². The van der Waals surface area contributed by atoms with E-state index in [1.807, 2.05) is 10.1 Å². The molecule has 0 amide bonds. The maximum absolute atomic E-state index is 12.2. The van der Waals surface area contributed by atoms with E-state index in [-0.39, 0.29) is 4.90 Å². The van der Waals surface area contributed by atoms with Crippen LogP contribution in [0.5, 0.6) is 0 Å². The second-order valence-electron chi connectivity index (χ2n) is 6.70. The predicted octanol–water partition coefficient (Wildman–Crippen LogP) is 5.02. The van der Waals surface area contributed by atoms with E-state index in [0.29, 0.717) is 5.92 Å². The Morgan fingerprint density at radius 1 is 1.19 bits per heavy atom. The van der Waals surface area contributed by atoms with Gasteiger partial charge in [-0.1, -0.05) is 32.4 Å². The largest absolute Gasteiger partial charge is 0.390 e. The SMILES string of the molecule is CC(C)CCCc1nc(-c2ccc(S(=O)(=O)NCCC(F)(F)F)cc2)cs1. The van der Waals surface area contributed by atoms with Crippen molar-refractivity contribution in [3.63, 3.8) is 0 Å². The maximum Gasteiger partial charge on any atom is 0.390 e. The highest BCUT2D eigenvalue weighted by atomic mass is 32.2. The van der Waals surface area contributed by atoms with Crippen LogP contribution in [0.1, 0.15) is 38.1 Å². The summed E-state index contributed by atoms with van der Waals surface area (Å²) in [6, 6.07) is 5.99. The fourth-order valence-electron chi connectivity index (χ4n) is 2.44. The van der Waals surface area contributed by atoms with E-state index in [1.165, 1.54) is 12.1 Å². The maximum atomic E-state index is 12.2. The lowest BCUT2D eigenvalue weighted by Crippen LogP contribution is -2.28. The monoisotopic (exact) mass is 420 g/mol. The Hall–Kier alpha value is -1.45. The molecule has 2 aromatic rings. The second kappa shape index (κ2) is 9.16. The Balaban J connectivity index is 1.99. The molecule has 0 aliphatic rings. The van der Waals surface area contributed by atoms with E-state index in [0.717, 1.165) is 35.5 Å². The standard InChI is InChI=1S/C18H23F3N2O2S2/c1-13(2)4-3-5-17-23-16(12-26-17)14-6-8-15(9-7-14)27(24,25)22-11-10-18(19,20)21/h6-9,12-13,22H,3-5,10-11H2,1-2H3. The number of aromatic nitrogens is 1. The zero-order valence-corrected chi connectivity index (χ0v) is 16.8. The van der Waals surface area contributed by atoms with Crippen molar-refractivity contribution in [1.82, 2.24) is 9.71 Å². The molecule has 150 valence electrons. The number of sulfonamides is 1. The van der Waals surface area contributed by atoms with Gasteiger partial charge in [0, 0.05) is 17.5 Å². The molecule has 1 heterocycles. The van der Waals surface area contributed by atoms with Gasteiger partial charge in [0.05, 0.1) is 22.0 Å². The van der Waals surface area contributed by atoms with Gasteiger partial charge in [0.2, 0.25) is 10.0 Å². The highest BCUT2D eigenvalue weighted by Crippen LogP contribution is 2.25. The molecule has 0 aliphatic heterocycles. The summed E-state index contributed by atoms with van der Waals surface area (Å²) >= 11 is 1.57. The lowest BCUT2D eigenvalue weighted by atomic mass is 10.1. The van der Waals surface area contributed by atoms with Gasteiger partial charge in [-0.3, -0.25) is 0 Å². The van der Waals surface area contributed by atoms with Gasteiger partial charge < -0.3 is 0 Å². The van der Waals surface area contributed by atoms with Crippen LogP contribution < -0.4 is 4.72 Å². The number of nitrogens with zero attached hydrogens (tertiary/aromatic N) is 1. The van der Waals surface area contributed by atoms with E-state index in [1.54, 1.807) is 23.5 Å². The average Bonchev–Trinajstić information content (AvgIpc) is 3.02. The van der Waals surface area contributed by atoms with Gasteiger partial charge in [-0.15, -0.1) is 11.3 Å². The number of halogens is 3. The first-order chi connectivity index (χ1) is 12.6. The summed E-state index contributed by atoms with van der Waals surface area (Å²) in [7, 11) is -3.96. The van der Waals surface area contributed by atoms with Crippen molar-refractivity contribution in [1.29, 1.82) is 0 Å². The van der Waals surface area contributed by atoms with E-state index in [4.69, 9.17) is 0 Å². The van der Waals surface area contributed by atoms with E-state index in [9.17, 15) is 21.6 Å². The summed E-state index contributed by atoms with van der Waals surface area (Å²) < 4.78 is 62.5. The molecule has 27 heavy (non-hydrogen) atoms. The zero-order chi connectivity index (χ0) is 20.1. The zero-order valence-electron chi connectivity index (χ0n) is 15.2. The normalized spacial score (nSPS) is 12.7. The van der Waals surface area contributed by atoms with Gasteiger partial charge >= 0.3 is 6.18 Å². The summed E-state index contributed by atoms with van der Waals surface area (Å²) in [6.07, 6.45) is -2.47. The Labute approximate surface area is 161 Å². The second-order valence-corrected chi connectivity index (χ2v) is 9.41. The number of hydrogen-bond acceptors (Lipinski definition) is 4. The first kappa shape index (κ1) is 21.8. The molecule has 1 aromatic carbocycles. The van der Waals surface area contributed by atoms with Crippen LogP contribution in [-0.2, 0) is 16.4 Å².